The molecule has 7 nitrogen and oxygen atoms in total. The number of alkyl halides is 1. The smallest absolute Gasteiger partial charge is 0.255 e. The highest BCUT2D eigenvalue weighted by Crippen LogP contribution is 2.28. The lowest BCUT2D eigenvalue weighted by molar-refractivity contribution is 0.0243. The van der Waals surface area contributed by atoms with Gasteiger partial charge in [-0.3, -0.25) is 9.78 Å². The minimum absolute atomic E-state index is 0.103. The van der Waals surface area contributed by atoms with E-state index in [0.29, 0.717) is 30.1 Å². The molecule has 1 unspecified atom stereocenters. The Morgan fingerprint density at radius 3 is 2.72 bits per heavy atom. The number of methoxy groups -OCH3 is 1. The normalized spacial score (nSPS) is 15.6. The fourth-order valence-electron chi connectivity index (χ4n) is 4.05. The first-order valence-electron chi connectivity index (χ1n) is 10.9. The molecule has 1 amide bonds. The molecule has 3 aromatic rings. The zero-order valence-electron chi connectivity index (χ0n) is 19.3. The number of hydrogen-bond acceptors (Lipinski definition) is 5. The van der Waals surface area contributed by atoms with E-state index >= 15 is 0 Å². The van der Waals surface area contributed by atoms with Crippen LogP contribution in [0.4, 0.5) is 4.39 Å². The van der Waals surface area contributed by atoms with Gasteiger partial charge >= 0.3 is 0 Å². The second-order valence-electron chi connectivity index (χ2n) is 9.84. The molecule has 1 fully saturated rings. The quantitative estimate of drug-likeness (QED) is 0.583. The minimum Gasteiger partial charge on any atom is -0.497 e. The predicted molar refractivity (Wildman–Crippen MR) is 121 cm³/mol. The number of ether oxygens (including phenoxy) is 1. The Bertz CT molecular complexity index is 1130. The molecule has 8 heteroatoms. The fraction of sp³-hybridized carbons (Fsp3) is 0.500. The summed E-state index contributed by atoms with van der Waals surface area (Å²) >= 11 is 0. The Kier molecular flexibility index (Phi) is 5.88. The number of carbonyl (C=O) groups excluding carboxylic acids is 1. The van der Waals surface area contributed by atoms with E-state index in [1.165, 1.54) is 0 Å². The number of halogens is 1. The molecular formula is C24H30FN5O2. The van der Waals surface area contributed by atoms with Crippen LogP contribution in [0, 0.1) is 18.3 Å². The van der Waals surface area contributed by atoms with Gasteiger partial charge in [-0.25, -0.2) is 9.07 Å². The monoisotopic (exact) mass is 439 g/mol. The van der Waals surface area contributed by atoms with Crippen molar-refractivity contribution >= 4 is 16.8 Å². The van der Waals surface area contributed by atoms with Crippen LogP contribution in [0.25, 0.3) is 10.9 Å². The van der Waals surface area contributed by atoms with Gasteiger partial charge in [0.2, 0.25) is 0 Å². The van der Waals surface area contributed by atoms with Crippen molar-refractivity contribution < 1.29 is 13.9 Å². The number of amides is 1. The van der Waals surface area contributed by atoms with Crippen LogP contribution in [-0.2, 0) is 13.0 Å². The van der Waals surface area contributed by atoms with E-state index in [0.717, 1.165) is 23.0 Å². The van der Waals surface area contributed by atoms with E-state index < -0.39 is 6.17 Å². The molecule has 1 aromatic carbocycles. The van der Waals surface area contributed by atoms with Crippen molar-refractivity contribution in [2.75, 3.05) is 20.2 Å². The largest absolute Gasteiger partial charge is 0.497 e. The Labute approximate surface area is 187 Å². The highest BCUT2D eigenvalue weighted by atomic mass is 19.1. The van der Waals surface area contributed by atoms with Gasteiger partial charge in [-0.1, -0.05) is 26.0 Å². The van der Waals surface area contributed by atoms with Crippen LogP contribution in [0.5, 0.6) is 5.75 Å². The van der Waals surface area contributed by atoms with Gasteiger partial charge in [0, 0.05) is 30.6 Å². The zero-order chi connectivity index (χ0) is 23.0. The van der Waals surface area contributed by atoms with E-state index in [9.17, 15) is 9.18 Å². The Morgan fingerprint density at radius 2 is 2.03 bits per heavy atom. The van der Waals surface area contributed by atoms with Crippen molar-refractivity contribution in [2.24, 2.45) is 11.3 Å². The lowest BCUT2D eigenvalue weighted by Crippen LogP contribution is -2.54. The SMILES string of the molecule is COc1ccc2nc(C)c(C(=O)N3CC(C(F)Cn4cc(CC(C)(C)C)nn4)C3)cc2c1. The topological polar surface area (TPSA) is 73.1 Å². The summed E-state index contributed by atoms with van der Waals surface area (Å²) in [4.78, 5) is 19.2. The molecule has 0 spiro atoms. The maximum absolute atomic E-state index is 14.8. The van der Waals surface area contributed by atoms with Gasteiger partial charge in [0.15, 0.2) is 0 Å². The van der Waals surface area contributed by atoms with E-state index in [2.05, 4.69) is 36.1 Å². The van der Waals surface area contributed by atoms with Crippen LogP contribution >= 0.6 is 0 Å². The van der Waals surface area contributed by atoms with Gasteiger partial charge in [-0.15, -0.1) is 5.10 Å². The summed E-state index contributed by atoms with van der Waals surface area (Å²) in [5.41, 5.74) is 2.99. The molecule has 2 aromatic heterocycles. The number of benzene rings is 1. The Balaban J connectivity index is 1.37. The molecule has 0 N–H and O–H groups in total. The van der Waals surface area contributed by atoms with E-state index in [1.807, 2.05) is 37.4 Å². The molecule has 0 saturated carbocycles. The van der Waals surface area contributed by atoms with Gasteiger partial charge in [0.1, 0.15) is 11.9 Å². The van der Waals surface area contributed by atoms with Crippen LogP contribution in [0.3, 0.4) is 0 Å². The van der Waals surface area contributed by atoms with Crippen molar-refractivity contribution in [1.82, 2.24) is 24.9 Å². The molecule has 32 heavy (non-hydrogen) atoms. The van der Waals surface area contributed by atoms with Gasteiger partial charge in [0.05, 0.1) is 36.1 Å². The molecule has 1 aliphatic heterocycles. The number of likely N-dealkylation sites (tertiary alicyclic amines) is 1. The van der Waals surface area contributed by atoms with E-state index in [4.69, 9.17) is 4.74 Å². The summed E-state index contributed by atoms with van der Waals surface area (Å²) in [5, 5.41) is 9.06. The maximum atomic E-state index is 14.8. The fourth-order valence-corrected chi connectivity index (χ4v) is 4.05. The summed E-state index contributed by atoms with van der Waals surface area (Å²) < 4.78 is 21.7. The average Bonchev–Trinajstić information content (AvgIpc) is 3.10. The second kappa shape index (κ2) is 8.48. The summed E-state index contributed by atoms with van der Waals surface area (Å²) in [6.07, 6.45) is 1.53. The lowest BCUT2D eigenvalue weighted by Gasteiger charge is -2.41. The standard InChI is InChI=1S/C24H30FN5O2/c1-15-20(9-16-8-19(32-5)6-7-22(16)26-15)23(31)29-11-17(12-29)21(25)14-30-13-18(27-28-30)10-24(2,3)4/h6-9,13,17,21H,10-12,14H2,1-5H3. The number of pyridine rings is 1. The third-order valence-corrected chi connectivity index (χ3v) is 5.81. The van der Waals surface area contributed by atoms with E-state index in [-0.39, 0.29) is 23.8 Å². The van der Waals surface area contributed by atoms with Crippen LogP contribution < -0.4 is 4.74 Å². The van der Waals surface area contributed by atoms with Crippen LogP contribution in [-0.4, -0.2) is 57.2 Å². The summed E-state index contributed by atoms with van der Waals surface area (Å²) in [6, 6.07) is 7.43. The first-order chi connectivity index (χ1) is 15.1. The number of rotatable bonds is 6. The minimum atomic E-state index is -1.08. The number of nitrogens with zero attached hydrogens (tertiary/aromatic N) is 5. The molecule has 0 bridgehead atoms. The van der Waals surface area contributed by atoms with Gasteiger partial charge in [0.25, 0.3) is 5.91 Å². The zero-order valence-corrected chi connectivity index (χ0v) is 19.3. The van der Waals surface area contributed by atoms with E-state index in [1.54, 1.807) is 16.7 Å². The molecule has 0 aliphatic carbocycles. The van der Waals surface area contributed by atoms with Crippen LogP contribution in [0.1, 0.15) is 42.5 Å². The van der Waals surface area contributed by atoms with Crippen molar-refractivity contribution in [2.45, 2.75) is 46.8 Å². The first-order valence-corrected chi connectivity index (χ1v) is 10.9. The highest BCUT2D eigenvalue weighted by Gasteiger charge is 2.37. The second-order valence-corrected chi connectivity index (χ2v) is 9.84. The average molecular weight is 440 g/mol. The van der Waals surface area contributed by atoms with Gasteiger partial charge < -0.3 is 9.64 Å². The number of hydrogen-bond donors (Lipinski definition) is 0. The van der Waals surface area contributed by atoms with Gasteiger partial charge in [-0.2, -0.15) is 0 Å². The number of aromatic nitrogens is 4. The predicted octanol–water partition coefficient (Wildman–Crippen LogP) is 3.84. The summed E-state index contributed by atoms with van der Waals surface area (Å²) in [6.45, 7) is 9.15. The van der Waals surface area contributed by atoms with Crippen LogP contribution in [0.2, 0.25) is 0 Å². The molecule has 0 radical (unpaired) electrons. The summed E-state index contributed by atoms with van der Waals surface area (Å²) in [7, 11) is 1.60. The third kappa shape index (κ3) is 4.74. The van der Waals surface area contributed by atoms with Crippen LogP contribution in [0.15, 0.2) is 30.5 Å². The highest BCUT2D eigenvalue weighted by molar-refractivity contribution is 5.99. The molecule has 170 valence electrons. The summed E-state index contributed by atoms with van der Waals surface area (Å²) in [5.74, 6) is 0.393. The third-order valence-electron chi connectivity index (χ3n) is 5.81. The number of aryl methyl sites for hydroxylation is 1. The molecule has 1 saturated heterocycles. The Hall–Kier alpha value is -3.03. The van der Waals surface area contributed by atoms with Gasteiger partial charge in [-0.05, 0) is 43.0 Å². The maximum Gasteiger partial charge on any atom is 0.255 e. The van der Waals surface area contributed by atoms with Crippen molar-refractivity contribution in [3.05, 3.63) is 47.4 Å². The van der Waals surface area contributed by atoms with Crippen molar-refractivity contribution in [3.8, 4) is 5.75 Å². The molecular weight excluding hydrogens is 409 g/mol. The molecule has 1 atom stereocenters. The van der Waals surface area contributed by atoms with Crippen molar-refractivity contribution in [1.29, 1.82) is 0 Å². The Morgan fingerprint density at radius 1 is 1.28 bits per heavy atom. The first kappa shape index (κ1) is 22.2. The lowest BCUT2D eigenvalue weighted by atomic mass is 9.91. The molecule has 1 aliphatic rings. The molecule has 4 rings (SSSR count). The number of fused-ring (bicyclic) bond motifs is 1. The number of carbonyl (C=O) groups is 1. The molecule has 3 heterocycles. The van der Waals surface area contributed by atoms with Crippen molar-refractivity contribution in [3.63, 3.8) is 0 Å².